The van der Waals surface area contributed by atoms with Crippen molar-refractivity contribution in [1.29, 1.82) is 0 Å². The van der Waals surface area contributed by atoms with Crippen LogP contribution in [-0.4, -0.2) is 30.4 Å². The van der Waals surface area contributed by atoms with E-state index >= 15 is 0 Å². The summed E-state index contributed by atoms with van der Waals surface area (Å²) in [5.41, 5.74) is 1.94. The first-order valence-corrected chi connectivity index (χ1v) is 9.95. The molecule has 0 radical (unpaired) electrons. The lowest BCUT2D eigenvalue weighted by atomic mass is 10.1. The lowest BCUT2D eigenvalue weighted by molar-refractivity contribution is 0.102. The van der Waals surface area contributed by atoms with E-state index in [0.717, 1.165) is 6.26 Å². The van der Waals surface area contributed by atoms with Gasteiger partial charge in [0.05, 0.1) is 15.6 Å². The summed E-state index contributed by atoms with van der Waals surface area (Å²) in [5.74, 6) is -0.427. The molecule has 0 aliphatic rings. The molecular weight excluding hydrogens is 374 g/mol. The third kappa shape index (κ3) is 3.63. The lowest BCUT2D eigenvalue weighted by Crippen LogP contribution is -2.16. The van der Waals surface area contributed by atoms with E-state index in [1.807, 2.05) is 0 Å². The van der Waals surface area contributed by atoms with Crippen LogP contribution in [0.15, 0.2) is 59.8 Å². The van der Waals surface area contributed by atoms with Crippen molar-refractivity contribution in [3.63, 3.8) is 0 Å². The molecule has 0 aliphatic heterocycles. The van der Waals surface area contributed by atoms with Gasteiger partial charge in [-0.1, -0.05) is 23.7 Å². The van der Waals surface area contributed by atoms with E-state index in [2.05, 4.69) is 10.4 Å². The van der Waals surface area contributed by atoms with Crippen molar-refractivity contribution >= 4 is 33.0 Å². The number of halogens is 1. The van der Waals surface area contributed by atoms with Crippen LogP contribution in [0.5, 0.6) is 0 Å². The Morgan fingerprint density at radius 2 is 1.96 bits per heavy atom. The molecule has 6 nitrogen and oxygen atoms in total. The van der Waals surface area contributed by atoms with Gasteiger partial charge >= 0.3 is 0 Å². The topological polar surface area (TPSA) is 81.1 Å². The van der Waals surface area contributed by atoms with Gasteiger partial charge in [-0.2, -0.15) is 5.10 Å². The third-order valence-electron chi connectivity index (χ3n) is 3.85. The van der Waals surface area contributed by atoms with E-state index in [1.165, 1.54) is 12.1 Å². The van der Waals surface area contributed by atoms with Crippen LogP contribution < -0.4 is 5.32 Å². The summed E-state index contributed by atoms with van der Waals surface area (Å²) in [6.07, 6.45) is 4.42. The summed E-state index contributed by atoms with van der Waals surface area (Å²) < 4.78 is 25.1. The third-order valence-corrected chi connectivity index (χ3v) is 5.27. The Labute approximate surface area is 156 Å². The molecule has 1 N–H and O–H groups in total. The molecule has 0 atom stereocenters. The molecule has 0 fully saturated rings. The molecule has 0 unspecified atom stereocenters. The normalized spacial score (nSPS) is 11.3. The highest BCUT2D eigenvalue weighted by atomic mass is 35.5. The van der Waals surface area contributed by atoms with Gasteiger partial charge in [-0.05, 0) is 42.8 Å². The number of hydrogen-bond acceptors (Lipinski definition) is 4. The predicted octanol–water partition coefficient (Wildman–Crippen LogP) is 3.49. The summed E-state index contributed by atoms with van der Waals surface area (Å²) >= 11 is 6.28. The number of benzene rings is 2. The predicted molar refractivity (Wildman–Crippen MR) is 101 cm³/mol. The second-order valence-corrected chi connectivity index (χ2v) is 8.21. The average Bonchev–Trinajstić information content (AvgIpc) is 3.08. The number of anilines is 1. The maximum atomic E-state index is 12.8. The Balaban J connectivity index is 2.01. The first kappa shape index (κ1) is 18.2. The number of nitrogens with one attached hydrogen (secondary N) is 1. The number of rotatable bonds is 4. The van der Waals surface area contributed by atoms with Crippen molar-refractivity contribution < 1.29 is 13.2 Å². The maximum absolute atomic E-state index is 12.8. The molecule has 1 aromatic heterocycles. The van der Waals surface area contributed by atoms with Gasteiger partial charge in [0.1, 0.15) is 5.69 Å². The molecule has 0 saturated heterocycles. The van der Waals surface area contributed by atoms with Crippen LogP contribution in [0.3, 0.4) is 0 Å². The van der Waals surface area contributed by atoms with Crippen LogP contribution in [0.2, 0.25) is 5.02 Å². The van der Waals surface area contributed by atoms with Crippen molar-refractivity contribution in [2.75, 3.05) is 11.6 Å². The van der Waals surface area contributed by atoms with Crippen molar-refractivity contribution in [1.82, 2.24) is 9.78 Å². The molecule has 0 bridgehead atoms. The van der Waals surface area contributed by atoms with Crippen LogP contribution in [0.4, 0.5) is 5.69 Å². The molecule has 0 saturated carbocycles. The van der Waals surface area contributed by atoms with Crippen molar-refractivity contribution in [2.45, 2.75) is 11.8 Å². The molecule has 1 amide bonds. The number of sulfone groups is 1. The van der Waals surface area contributed by atoms with Crippen LogP contribution in [-0.2, 0) is 9.84 Å². The zero-order chi connectivity index (χ0) is 18.9. The number of carbonyl (C=O) groups excluding carboxylic acids is 1. The zero-order valence-electron chi connectivity index (χ0n) is 14.1. The van der Waals surface area contributed by atoms with Gasteiger partial charge in [-0.25, -0.2) is 13.1 Å². The Morgan fingerprint density at radius 1 is 1.19 bits per heavy atom. The van der Waals surface area contributed by atoms with Gasteiger partial charge in [-0.15, -0.1) is 0 Å². The van der Waals surface area contributed by atoms with Crippen LogP contribution in [0.25, 0.3) is 5.69 Å². The maximum Gasteiger partial charge on any atom is 0.256 e. The van der Waals surface area contributed by atoms with Crippen molar-refractivity contribution in [3.8, 4) is 5.69 Å². The van der Waals surface area contributed by atoms with Gasteiger partial charge in [0.25, 0.3) is 5.91 Å². The fourth-order valence-corrected chi connectivity index (χ4v) is 3.42. The van der Waals surface area contributed by atoms with Crippen LogP contribution in [0.1, 0.15) is 15.9 Å². The number of amides is 1. The standard InChI is InChI=1S/C18H16ClN3O3S/c1-12-7-8-13(26(2,24)25)11-14(12)18(23)21-16-6-3-5-15(19)17(16)22-10-4-9-20-22/h3-11H,1-2H3,(H,21,23). The minimum absolute atomic E-state index is 0.0895. The van der Waals surface area contributed by atoms with Crippen molar-refractivity contribution in [3.05, 3.63) is 71.0 Å². The minimum atomic E-state index is -3.41. The van der Waals surface area contributed by atoms with E-state index in [4.69, 9.17) is 11.6 Å². The molecule has 3 rings (SSSR count). The smallest absolute Gasteiger partial charge is 0.256 e. The van der Waals surface area contributed by atoms with Gasteiger partial charge in [0.15, 0.2) is 9.84 Å². The fourth-order valence-electron chi connectivity index (χ4n) is 2.52. The lowest BCUT2D eigenvalue weighted by Gasteiger charge is -2.14. The highest BCUT2D eigenvalue weighted by Gasteiger charge is 2.17. The number of hydrogen-bond donors (Lipinski definition) is 1. The number of aryl methyl sites for hydroxylation is 1. The molecule has 3 aromatic rings. The summed E-state index contributed by atoms with van der Waals surface area (Å²) in [6, 6.07) is 11.3. The number of carbonyl (C=O) groups is 1. The summed E-state index contributed by atoms with van der Waals surface area (Å²) in [5, 5.41) is 7.37. The molecule has 1 heterocycles. The molecule has 26 heavy (non-hydrogen) atoms. The Bertz CT molecular complexity index is 1080. The van der Waals surface area contributed by atoms with Gasteiger partial charge in [0, 0.05) is 24.2 Å². The summed E-state index contributed by atoms with van der Waals surface area (Å²) in [6.45, 7) is 1.74. The second kappa shape index (κ2) is 6.93. The molecule has 8 heteroatoms. The van der Waals surface area contributed by atoms with E-state index in [1.54, 1.807) is 54.3 Å². The highest BCUT2D eigenvalue weighted by molar-refractivity contribution is 7.90. The Kier molecular flexibility index (Phi) is 4.84. The molecule has 2 aromatic carbocycles. The second-order valence-electron chi connectivity index (χ2n) is 5.79. The number of para-hydroxylation sites is 1. The minimum Gasteiger partial charge on any atom is -0.320 e. The van der Waals surface area contributed by atoms with E-state index < -0.39 is 15.7 Å². The molecule has 134 valence electrons. The molecular formula is C18H16ClN3O3S. The monoisotopic (exact) mass is 389 g/mol. The van der Waals surface area contributed by atoms with E-state index in [-0.39, 0.29) is 10.5 Å². The van der Waals surface area contributed by atoms with Crippen LogP contribution >= 0.6 is 11.6 Å². The van der Waals surface area contributed by atoms with Crippen LogP contribution in [0, 0.1) is 6.92 Å². The van der Waals surface area contributed by atoms with E-state index in [9.17, 15) is 13.2 Å². The van der Waals surface area contributed by atoms with Gasteiger partial charge in [0.2, 0.25) is 0 Å². The van der Waals surface area contributed by atoms with Gasteiger partial charge in [-0.3, -0.25) is 4.79 Å². The summed E-state index contributed by atoms with van der Waals surface area (Å²) in [4.78, 5) is 12.9. The molecule has 0 spiro atoms. The van der Waals surface area contributed by atoms with Crippen molar-refractivity contribution in [2.24, 2.45) is 0 Å². The zero-order valence-corrected chi connectivity index (χ0v) is 15.7. The quantitative estimate of drug-likeness (QED) is 0.740. The number of nitrogens with zero attached hydrogens (tertiary/aromatic N) is 2. The van der Waals surface area contributed by atoms with E-state index in [0.29, 0.717) is 22.0 Å². The average molecular weight is 390 g/mol. The highest BCUT2D eigenvalue weighted by Crippen LogP contribution is 2.28. The Hall–Kier alpha value is -2.64. The Morgan fingerprint density at radius 3 is 2.62 bits per heavy atom. The fraction of sp³-hybridized carbons (Fsp3) is 0.111. The SMILES string of the molecule is Cc1ccc(S(C)(=O)=O)cc1C(=O)Nc1cccc(Cl)c1-n1cccn1. The molecule has 0 aliphatic carbocycles. The first-order valence-electron chi connectivity index (χ1n) is 7.68. The largest absolute Gasteiger partial charge is 0.320 e. The van der Waals surface area contributed by atoms with Gasteiger partial charge < -0.3 is 5.32 Å². The number of aromatic nitrogens is 2. The first-order chi connectivity index (χ1) is 12.3. The summed E-state index contributed by atoms with van der Waals surface area (Å²) in [7, 11) is -3.41.